The summed E-state index contributed by atoms with van der Waals surface area (Å²) in [4.78, 5) is 34.2. The molecule has 0 saturated heterocycles. The van der Waals surface area contributed by atoms with Gasteiger partial charge in [0.1, 0.15) is 18.1 Å². The Hall–Kier alpha value is -2.87. The highest BCUT2D eigenvalue weighted by Crippen LogP contribution is 2.24. The Kier molecular flexibility index (Phi) is 4.76. The summed E-state index contributed by atoms with van der Waals surface area (Å²) < 4.78 is 7.36. The number of fused-ring (bicyclic) bond motifs is 1. The van der Waals surface area contributed by atoms with Crippen molar-refractivity contribution in [3.63, 3.8) is 0 Å². The number of aromatic nitrogens is 3. The van der Waals surface area contributed by atoms with Crippen molar-refractivity contribution in [1.29, 1.82) is 0 Å². The predicted octanol–water partition coefficient (Wildman–Crippen LogP) is 2.02. The van der Waals surface area contributed by atoms with Crippen molar-refractivity contribution in [1.82, 2.24) is 9.97 Å². The lowest BCUT2D eigenvalue weighted by Crippen LogP contribution is -2.53. The first-order valence-electron chi connectivity index (χ1n) is 7.31. The zero-order chi connectivity index (χ0) is 16.9. The van der Waals surface area contributed by atoms with Crippen LogP contribution in [0.4, 0.5) is 10.5 Å². The topological polar surface area (TPSA) is 76.3 Å². The van der Waals surface area contributed by atoms with E-state index in [9.17, 15) is 9.59 Å². The summed E-state index contributed by atoms with van der Waals surface area (Å²) in [6, 6.07) is 5.08. The van der Waals surface area contributed by atoms with E-state index in [1.54, 1.807) is 24.6 Å². The maximum Gasteiger partial charge on any atom is 0.503 e. The molecule has 3 aromatic rings. The van der Waals surface area contributed by atoms with Crippen molar-refractivity contribution in [3.05, 3.63) is 48.5 Å². The highest BCUT2D eigenvalue weighted by atomic mass is 32.1. The number of hydrogen-bond donors (Lipinski definition) is 0. The number of ether oxygens (including phenoxy) is 1. The fraction of sp³-hybridized carbons (Fsp3) is 0.188. The van der Waals surface area contributed by atoms with Crippen LogP contribution in [0.15, 0.2) is 48.5 Å². The van der Waals surface area contributed by atoms with Gasteiger partial charge in [-0.1, -0.05) is 0 Å². The molecule has 0 N–H and O–H groups in total. The number of carbonyl (C=O) groups is 2. The molecular formula is C16H15N4O3S+. The molecule has 0 bridgehead atoms. The van der Waals surface area contributed by atoms with Gasteiger partial charge < -0.3 is 4.74 Å². The Morgan fingerprint density at radius 1 is 1.29 bits per heavy atom. The van der Waals surface area contributed by atoms with Gasteiger partial charge in [-0.05, 0) is 19.1 Å². The van der Waals surface area contributed by atoms with Crippen molar-refractivity contribution < 1.29 is 18.9 Å². The molecule has 0 aliphatic carbocycles. The van der Waals surface area contributed by atoms with Crippen LogP contribution in [-0.4, -0.2) is 35.1 Å². The van der Waals surface area contributed by atoms with E-state index in [4.69, 9.17) is 4.74 Å². The number of nitrogens with zero attached hydrogens (tertiary/aromatic N) is 4. The van der Waals surface area contributed by atoms with E-state index in [1.807, 2.05) is 6.07 Å². The first kappa shape index (κ1) is 16.0. The highest BCUT2D eigenvalue weighted by molar-refractivity contribution is 7.16. The minimum Gasteiger partial charge on any atom is -0.463 e. The number of hydrogen-bond acceptors (Lipinski definition) is 6. The molecule has 8 heteroatoms. The number of rotatable bonds is 4. The molecule has 2 aromatic heterocycles. The van der Waals surface area contributed by atoms with E-state index in [0.29, 0.717) is 5.69 Å². The molecular weight excluding hydrogens is 328 g/mol. The summed E-state index contributed by atoms with van der Waals surface area (Å²) in [5, 5.41) is 0. The van der Waals surface area contributed by atoms with Gasteiger partial charge in [0.2, 0.25) is 0 Å². The van der Waals surface area contributed by atoms with Gasteiger partial charge in [0, 0.05) is 6.07 Å². The average Bonchev–Trinajstić information content (AvgIpc) is 3.08. The van der Waals surface area contributed by atoms with Gasteiger partial charge >= 0.3 is 12.0 Å². The van der Waals surface area contributed by atoms with Crippen molar-refractivity contribution in [3.8, 4) is 0 Å². The molecule has 1 aromatic carbocycles. The third-order valence-corrected chi connectivity index (χ3v) is 4.11. The quantitative estimate of drug-likeness (QED) is 0.535. The third-order valence-electron chi connectivity index (χ3n) is 3.30. The first-order valence-corrected chi connectivity index (χ1v) is 8.19. The van der Waals surface area contributed by atoms with Crippen LogP contribution < -0.4 is 9.47 Å². The minimum absolute atomic E-state index is 0.183. The predicted molar refractivity (Wildman–Crippen MR) is 88.8 cm³/mol. The monoisotopic (exact) mass is 343 g/mol. The van der Waals surface area contributed by atoms with Crippen LogP contribution in [0, 0.1) is 0 Å². The van der Waals surface area contributed by atoms with Gasteiger partial charge in [0.05, 0.1) is 34.7 Å². The second-order valence-electron chi connectivity index (χ2n) is 4.83. The van der Waals surface area contributed by atoms with Crippen molar-refractivity contribution in [2.45, 2.75) is 6.92 Å². The SMILES string of the molecule is CCOC(=O)CN(C(=O)[n+]1ccncc1)c1ccc2scnc2c1. The fourth-order valence-electron chi connectivity index (χ4n) is 2.21. The van der Waals surface area contributed by atoms with Gasteiger partial charge in [0.15, 0.2) is 6.54 Å². The molecule has 0 fully saturated rings. The molecule has 7 nitrogen and oxygen atoms in total. The van der Waals surface area contributed by atoms with Crippen LogP contribution in [-0.2, 0) is 9.53 Å². The van der Waals surface area contributed by atoms with Crippen LogP contribution in [0.5, 0.6) is 0 Å². The number of anilines is 1. The summed E-state index contributed by atoms with van der Waals surface area (Å²) >= 11 is 1.51. The molecule has 0 aliphatic heterocycles. The second kappa shape index (κ2) is 7.14. The summed E-state index contributed by atoms with van der Waals surface area (Å²) in [7, 11) is 0. The zero-order valence-corrected chi connectivity index (χ0v) is 13.8. The van der Waals surface area contributed by atoms with Crippen molar-refractivity contribution in [2.24, 2.45) is 0 Å². The van der Waals surface area contributed by atoms with E-state index in [0.717, 1.165) is 10.2 Å². The Balaban J connectivity index is 1.97. The molecule has 0 saturated carbocycles. The first-order chi connectivity index (χ1) is 11.7. The van der Waals surface area contributed by atoms with Gasteiger partial charge in [-0.15, -0.1) is 11.3 Å². The Labute approximate surface area is 142 Å². The van der Waals surface area contributed by atoms with Crippen LogP contribution in [0.3, 0.4) is 0 Å². The molecule has 24 heavy (non-hydrogen) atoms. The normalized spacial score (nSPS) is 10.5. The molecule has 0 aliphatic rings. The molecule has 0 spiro atoms. The Bertz CT molecular complexity index is 866. The lowest BCUT2D eigenvalue weighted by atomic mass is 10.2. The Morgan fingerprint density at radius 2 is 2.08 bits per heavy atom. The summed E-state index contributed by atoms with van der Waals surface area (Å²) in [6.07, 6.45) is 6.07. The third kappa shape index (κ3) is 3.38. The van der Waals surface area contributed by atoms with E-state index < -0.39 is 5.97 Å². The van der Waals surface area contributed by atoms with Crippen LogP contribution in [0.2, 0.25) is 0 Å². The van der Waals surface area contributed by atoms with E-state index in [-0.39, 0.29) is 19.2 Å². The molecule has 2 heterocycles. The van der Waals surface area contributed by atoms with Crippen molar-refractivity contribution in [2.75, 3.05) is 18.1 Å². The van der Waals surface area contributed by atoms with E-state index >= 15 is 0 Å². The van der Waals surface area contributed by atoms with Crippen LogP contribution in [0.1, 0.15) is 6.92 Å². The van der Waals surface area contributed by atoms with Gasteiger partial charge in [0.25, 0.3) is 0 Å². The molecule has 1 amide bonds. The summed E-state index contributed by atoms with van der Waals surface area (Å²) in [5.41, 5.74) is 3.10. The van der Waals surface area contributed by atoms with E-state index in [2.05, 4.69) is 9.97 Å². The summed E-state index contributed by atoms with van der Waals surface area (Å²) in [5.74, 6) is -0.473. The molecule has 122 valence electrons. The largest absolute Gasteiger partial charge is 0.503 e. The average molecular weight is 343 g/mol. The molecule has 3 rings (SSSR count). The zero-order valence-electron chi connectivity index (χ0n) is 13.0. The van der Waals surface area contributed by atoms with Crippen LogP contribution >= 0.6 is 11.3 Å². The highest BCUT2D eigenvalue weighted by Gasteiger charge is 2.30. The number of carbonyl (C=O) groups excluding carboxylic acids is 2. The lowest BCUT2D eigenvalue weighted by Gasteiger charge is -2.14. The Morgan fingerprint density at radius 3 is 2.83 bits per heavy atom. The maximum absolute atomic E-state index is 12.8. The van der Waals surface area contributed by atoms with Crippen molar-refractivity contribution >= 4 is 39.2 Å². The second-order valence-corrected chi connectivity index (χ2v) is 5.72. The maximum atomic E-state index is 12.8. The number of amides is 1. The van der Waals surface area contributed by atoms with Gasteiger partial charge in [-0.3, -0.25) is 4.98 Å². The molecule has 0 unspecified atom stereocenters. The number of benzene rings is 1. The minimum atomic E-state index is -0.473. The van der Waals surface area contributed by atoms with E-state index in [1.165, 1.54) is 45.6 Å². The fourth-order valence-corrected chi connectivity index (χ4v) is 2.86. The number of thiazole rings is 1. The smallest absolute Gasteiger partial charge is 0.463 e. The van der Waals surface area contributed by atoms with Gasteiger partial charge in [-0.25, -0.2) is 9.78 Å². The number of esters is 1. The molecule has 0 atom stereocenters. The van der Waals surface area contributed by atoms with Crippen LogP contribution in [0.25, 0.3) is 10.2 Å². The summed E-state index contributed by atoms with van der Waals surface area (Å²) in [6.45, 7) is 1.80. The molecule has 0 radical (unpaired) electrons. The lowest BCUT2D eigenvalue weighted by molar-refractivity contribution is -0.570. The van der Waals surface area contributed by atoms with Gasteiger partial charge in [-0.2, -0.15) is 14.3 Å². The standard InChI is InChI=1S/C16H15N4O3S/c1-2-23-15(21)10-20(16(22)19-7-5-17-6-8-19)12-3-4-14-13(9-12)18-11-24-14/h3-9,11H,2,10H2,1H3/q+1.